The van der Waals surface area contributed by atoms with Gasteiger partial charge in [-0.05, 0) is 30.5 Å². The van der Waals surface area contributed by atoms with Gasteiger partial charge < -0.3 is 20.2 Å². The average molecular weight is 414 g/mol. The number of amides is 1. The summed E-state index contributed by atoms with van der Waals surface area (Å²) in [5.41, 5.74) is 0.373. The molecule has 0 aliphatic carbocycles. The first-order valence-corrected chi connectivity index (χ1v) is 10.3. The van der Waals surface area contributed by atoms with Crippen LogP contribution in [0.5, 0.6) is 0 Å². The minimum Gasteiger partial charge on any atom is -0.480 e. The van der Waals surface area contributed by atoms with Gasteiger partial charge in [-0.1, -0.05) is 31.8 Å². The summed E-state index contributed by atoms with van der Waals surface area (Å²) < 4.78 is 24.3. The molecular formula is C18H24FN2O6P. The molecule has 10 heteroatoms. The van der Waals surface area contributed by atoms with Crippen molar-refractivity contribution in [3.63, 3.8) is 0 Å². The Morgan fingerprint density at radius 1 is 1.25 bits per heavy atom. The van der Waals surface area contributed by atoms with Crippen molar-refractivity contribution in [2.75, 3.05) is 6.29 Å². The predicted octanol–water partition coefficient (Wildman–Crippen LogP) is 1.28. The summed E-state index contributed by atoms with van der Waals surface area (Å²) in [5, 5.41) is 14.0. The molecule has 154 valence electrons. The van der Waals surface area contributed by atoms with Gasteiger partial charge in [0.2, 0.25) is 5.91 Å². The van der Waals surface area contributed by atoms with Gasteiger partial charge >= 0.3 is 13.6 Å². The first-order chi connectivity index (χ1) is 13.0. The van der Waals surface area contributed by atoms with E-state index in [-0.39, 0.29) is 18.8 Å². The van der Waals surface area contributed by atoms with Crippen LogP contribution in [0.1, 0.15) is 32.3 Å². The van der Waals surface area contributed by atoms with Gasteiger partial charge in [-0.3, -0.25) is 14.7 Å². The van der Waals surface area contributed by atoms with Gasteiger partial charge in [-0.25, -0.2) is 9.18 Å². The molecule has 0 saturated carbocycles. The molecule has 8 nitrogen and oxygen atoms in total. The molecule has 0 fully saturated rings. The van der Waals surface area contributed by atoms with Crippen LogP contribution in [0.15, 0.2) is 24.3 Å². The molecule has 1 rings (SSSR count). The van der Waals surface area contributed by atoms with Crippen LogP contribution in [0.4, 0.5) is 4.39 Å². The summed E-state index contributed by atoms with van der Waals surface area (Å²) >= 11 is 0. The van der Waals surface area contributed by atoms with Crippen LogP contribution in [0, 0.1) is 23.6 Å². The molecule has 5 N–H and O–H groups in total. The van der Waals surface area contributed by atoms with E-state index in [2.05, 4.69) is 22.5 Å². The number of hydrogen-bond donors (Lipinski definition) is 5. The number of rotatable bonds is 9. The fourth-order valence-corrected chi connectivity index (χ4v) is 2.73. The third-order valence-electron chi connectivity index (χ3n) is 3.55. The minimum atomic E-state index is -4.44. The van der Waals surface area contributed by atoms with E-state index in [4.69, 9.17) is 9.79 Å². The molecule has 0 aliphatic heterocycles. The minimum absolute atomic E-state index is 0.00989. The van der Waals surface area contributed by atoms with E-state index < -0.39 is 43.7 Å². The van der Waals surface area contributed by atoms with E-state index in [1.54, 1.807) is 19.9 Å². The summed E-state index contributed by atoms with van der Waals surface area (Å²) in [4.78, 5) is 41.8. The molecule has 0 aliphatic rings. The van der Waals surface area contributed by atoms with Gasteiger partial charge in [0.15, 0.2) is 0 Å². The van der Waals surface area contributed by atoms with Crippen LogP contribution >= 0.6 is 7.60 Å². The summed E-state index contributed by atoms with van der Waals surface area (Å²) in [7, 11) is -4.44. The maximum atomic E-state index is 13.2. The summed E-state index contributed by atoms with van der Waals surface area (Å²) in [6.45, 7) is 3.60. The Morgan fingerprint density at radius 3 is 2.46 bits per heavy atom. The monoisotopic (exact) mass is 414 g/mol. The zero-order valence-electron chi connectivity index (χ0n) is 15.6. The number of carbonyl (C=O) groups is 2. The van der Waals surface area contributed by atoms with E-state index in [0.29, 0.717) is 5.56 Å². The zero-order chi connectivity index (χ0) is 21.3. The maximum Gasteiger partial charge on any atom is 0.339 e. The summed E-state index contributed by atoms with van der Waals surface area (Å²) in [6, 6.07) is 3.21. The number of halogens is 1. The Morgan fingerprint density at radius 2 is 1.93 bits per heavy atom. The molecule has 0 saturated heterocycles. The van der Waals surface area contributed by atoms with Crippen LogP contribution < -0.4 is 10.6 Å². The highest BCUT2D eigenvalue weighted by molar-refractivity contribution is 7.51. The van der Waals surface area contributed by atoms with Gasteiger partial charge in [0.05, 0.1) is 12.3 Å². The molecule has 1 aromatic carbocycles. The van der Waals surface area contributed by atoms with Crippen molar-refractivity contribution in [1.82, 2.24) is 10.6 Å². The number of benzene rings is 1. The van der Waals surface area contributed by atoms with Gasteiger partial charge in [0, 0.05) is 12.0 Å². The molecule has 0 heterocycles. The molecule has 0 bridgehead atoms. The van der Waals surface area contributed by atoms with Crippen LogP contribution in [0.2, 0.25) is 0 Å². The van der Waals surface area contributed by atoms with Gasteiger partial charge in [-0.2, -0.15) is 0 Å². The van der Waals surface area contributed by atoms with Gasteiger partial charge in [0.25, 0.3) is 0 Å². The number of aliphatic carboxylic acids is 1. The second-order valence-corrected chi connectivity index (χ2v) is 8.27. The van der Waals surface area contributed by atoms with Crippen LogP contribution in [0.25, 0.3) is 0 Å². The number of carbonyl (C=O) groups excluding carboxylic acids is 1. The lowest BCUT2D eigenvalue weighted by Gasteiger charge is -2.21. The Kier molecular flexibility index (Phi) is 9.29. The summed E-state index contributed by atoms with van der Waals surface area (Å²) in [6.07, 6.45) is -0.730. The topological polar surface area (TPSA) is 136 Å². The molecule has 0 unspecified atom stereocenters. The molecule has 1 aromatic rings. The van der Waals surface area contributed by atoms with E-state index in [9.17, 15) is 23.7 Å². The maximum absolute atomic E-state index is 13.2. The molecule has 0 spiro atoms. The fraction of sp³-hybridized carbons (Fsp3) is 0.444. The van der Waals surface area contributed by atoms with E-state index in [0.717, 1.165) is 0 Å². The average Bonchev–Trinajstić information content (AvgIpc) is 2.55. The normalized spacial score (nSPS) is 13.4. The highest BCUT2D eigenvalue weighted by atomic mass is 31.2. The molecule has 1 amide bonds. The quantitative estimate of drug-likeness (QED) is 0.303. The van der Waals surface area contributed by atoms with Gasteiger partial charge in [-0.15, -0.1) is 0 Å². The fourth-order valence-electron chi connectivity index (χ4n) is 2.27. The highest BCUT2D eigenvalue weighted by Gasteiger charge is 2.27. The molecule has 0 aromatic heterocycles. The third-order valence-corrected chi connectivity index (χ3v) is 4.14. The zero-order valence-corrected chi connectivity index (χ0v) is 16.4. The Hall–Kier alpha value is -2.24. The standard InChI is InChI=1S/C18H24FN2O6P/c1-12(2)9-16(18(23)24)21-17(22)15(20-11-28(25,26)27)8-4-6-13-5-3-7-14(19)10-13/h3,5,7,10,12,15-16,20H,8-9,11H2,1-2H3,(H,21,22)(H,23,24)(H2,25,26,27)/t15-,16-/m0/s1. The Balaban J connectivity index is 2.90. The highest BCUT2D eigenvalue weighted by Crippen LogP contribution is 2.32. The Labute approximate surface area is 162 Å². The van der Waals surface area contributed by atoms with Crippen molar-refractivity contribution < 1.29 is 33.4 Å². The van der Waals surface area contributed by atoms with Crippen molar-refractivity contribution in [3.8, 4) is 11.8 Å². The number of carboxylic acid groups (broad SMARTS) is 1. The van der Waals surface area contributed by atoms with Crippen molar-refractivity contribution in [2.45, 2.75) is 38.8 Å². The largest absolute Gasteiger partial charge is 0.480 e. The smallest absolute Gasteiger partial charge is 0.339 e. The third kappa shape index (κ3) is 9.62. The van der Waals surface area contributed by atoms with Crippen LogP contribution in [0.3, 0.4) is 0 Å². The Bertz CT molecular complexity index is 799. The molecule has 0 radical (unpaired) electrons. The van der Waals surface area contributed by atoms with Gasteiger partial charge in [0.1, 0.15) is 11.9 Å². The molecule has 2 atom stereocenters. The van der Waals surface area contributed by atoms with Crippen LogP contribution in [-0.4, -0.2) is 45.1 Å². The summed E-state index contributed by atoms with van der Waals surface area (Å²) in [5.74, 6) is 2.89. The SMILES string of the molecule is CC(C)C[C@H](NC(=O)[C@H](CC#Cc1cccc(F)c1)NCP(=O)(O)O)C(=O)O. The molecule has 28 heavy (non-hydrogen) atoms. The number of carboxylic acids is 1. The van der Waals surface area contributed by atoms with E-state index >= 15 is 0 Å². The van der Waals surface area contributed by atoms with E-state index in [1.165, 1.54) is 18.2 Å². The lowest BCUT2D eigenvalue weighted by Crippen LogP contribution is -2.50. The predicted molar refractivity (Wildman–Crippen MR) is 101 cm³/mol. The second-order valence-electron chi connectivity index (χ2n) is 6.62. The second kappa shape index (κ2) is 10.9. The first-order valence-electron chi connectivity index (χ1n) is 8.53. The first kappa shape index (κ1) is 23.8. The number of nitrogens with one attached hydrogen (secondary N) is 2. The van der Waals surface area contributed by atoms with Crippen LogP contribution in [-0.2, 0) is 14.2 Å². The van der Waals surface area contributed by atoms with Crippen molar-refractivity contribution in [1.29, 1.82) is 0 Å². The van der Waals surface area contributed by atoms with Crippen molar-refractivity contribution >= 4 is 19.5 Å². The van der Waals surface area contributed by atoms with E-state index in [1.807, 2.05) is 0 Å². The van der Waals surface area contributed by atoms with Crippen molar-refractivity contribution in [3.05, 3.63) is 35.6 Å². The lowest BCUT2D eigenvalue weighted by atomic mass is 10.0. The van der Waals surface area contributed by atoms with Crippen molar-refractivity contribution in [2.24, 2.45) is 5.92 Å². The number of hydrogen-bond acceptors (Lipinski definition) is 4. The lowest BCUT2D eigenvalue weighted by molar-refractivity contribution is -0.142. The molecular weight excluding hydrogens is 390 g/mol.